The summed E-state index contributed by atoms with van der Waals surface area (Å²) in [5.74, 6) is -0.257. The molecular weight excluding hydrogens is 262 g/mol. The molecule has 1 aromatic carbocycles. The second-order valence-electron chi connectivity index (χ2n) is 3.66. The summed E-state index contributed by atoms with van der Waals surface area (Å²) >= 11 is 3.35. The molecule has 1 heterocycles. The monoisotopic (exact) mass is 271 g/mol. The lowest BCUT2D eigenvalue weighted by Gasteiger charge is -2.33. The standard InChI is InChI=1S/C10H10BrNO3/c1-10(9(13)14)5-15-7-4-2-3-6(11)8(7)12-10/h2-4,12H,5H2,1H3,(H,13,14). The molecule has 1 aliphatic heterocycles. The summed E-state index contributed by atoms with van der Waals surface area (Å²) < 4.78 is 6.21. The highest BCUT2D eigenvalue weighted by atomic mass is 79.9. The molecule has 5 heteroatoms. The van der Waals surface area contributed by atoms with Crippen LogP contribution in [0.1, 0.15) is 6.92 Å². The van der Waals surface area contributed by atoms with Crippen molar-refractivity contribution in [3.8, 4) is 5.75 Å². The molecular formula is C10H10BrNO3. The van der Waals surface area contributed by atoms with Crippen LogP contribution in [-0.2, 0) is 4.79 Å². The van der Waals surface area contributed by atoms with Crippen molar-refractivity contribution in [3.63, 3.8) is 0 Å². The highest BCUT2D eigenvalue weighted by Gasteiger charge is 2.38. The number of carbonyl (C=O) groups is 1. The van der Waals surface area contributed by atoms with Crippen LogP contribution in [0, 0.1) is 0 Å². The number of para-hydroxylation sites is 1. The van der Waals surface area contributed by atoms with Gasteiger partial charge in [0.25, 0.3) is 0 Å². The van der Waals surface area contributed by atoms with Gasteiger partial charge in [0.1, 0.15) is 12.4 Å². The van der Waals surface area contributed by atoms with Crippen LogP contribution in [-0.4, -0.2) is 23.2 Å². The SMILES string of the molecule is CC1(C(=O)O)COc2cccc(Br)c2N1. The Bertz CT molecular complexity index is 421. The molecule has 0 aromatic heterocycles. The predicted octanol–water partition coefficient (Wildman–Crippen LogP) is 2.10. The number of benzene rings is 1. The number of anilines is 1. The van der Waals surface area contributed by atoms with Gasteiger partial charge >= 0.3 is 5.97 Å². The van der Waals surface area contributed by atoms with Crippen LogP contribution in [0.4, 0.5) is 5.69 Å². The Labute approximate surface area is 95.4 Å². The molecule has 1 unspecified atom stereocenters. The van der Waals surface area contributed by atoms with E-state index in [1.165, 1.54) is 0 Å². The topological polar surface area (TPSA) is 58.6 Å². The van der Waals surface area contributed by atoms with E-state index in [0.29, 0.717) is 11.4 Å². The molecule has 2 N–H and O–H groups in total. The Kier molecular flexibility index (Phi) is 2.34. The number of fused-ring (bicyclic) bond motifs is 1. The van der Waals surface area contributed by atoms with E-state index in [0.717, 1.165) is 4.47 Å². The van der Waals surface area contributed by atoms with E-state index >= 15 is 0 Å². The van der Waals surface area contributed by atoms with Gasteiger partial charge in [0.2, 0.25) is 0 Å². The Morgan fingerprint density at radius 3 is 3.07 bits per heavy atom. The van der Waals surface area contributed by atoms with Crippen molar-refractivity contribution in [3.05, 3.63) is 22.7 Å². The Morgan fingerprint density at radius 1 is 1.67 bits per heavy atom. The molecule has 0 saturated carbocycles. The van der Waals surface area contributed by atoms with Gasteiger partial charge < -0.3 is 15.2 Å². The largest absolute Gasteiger partial charge is 0.488 e. The van der Waals surface area contributed by atoms with Crippen molar-refractivity contribution in [2.45, 2.75) is 12.5 Å². The smallest absolute Gasteiger partial charge is 0.332 e. The number of carboxylic acids is 1. The van der Waals surface area contributed by atoms with E-state index in [9.17, 15) is 4.79 Å². The maximum atomic E-state index is 11.0. The summed E-state index contributed by atoms with van der Waals surface area (Å²) in [6.07, 6.45) is 0. The van der Waals surface area contributed by atoms with E-state index in [1.54, 1.807) is 13.0 Å². The van der Waals surface area contributed by atoms with E-state index in [-0.39, 0.29) is 6.61 Å². The summed E-state index contributed by atoms with van der Waals surface area (Å²) in [5, 5.41) is 12.0. The highest BCUT2D eigenvalue weighted by Crippen LogP contribution is 2.38. The average molecular weight is 272 g/mol. The number of hydrogen-bond acceptors (Lipinski definition) is 3. The zero-order chi connectivity index (χ0) is 11.1. The van der Waals surface area contributed by atoms with Gasteiger partial charge in [-0.25, -0.2) is 4.79 Å². The molecule has 0 bridgehead atoms. The van der Waals surface area contributed by atoms with Crippen LogP contribution < -0.4 is 10.1 Å². The quantitative estimate of drug-likeness (QED) is 0.822. The van der Waals surface area contributed by atoms with Gasteiger partial charge in [-0.15, -0.1) is 0 Å². The first-order valence-corrected chi connectivity index (χ1v) is 5.25. The summed E-state index contributed by atoms with van der Waals surface area (Å²) in [5.41, 5.74) is -0.384. The molecule has 4 nitrogen and oxygen atoms in total. The first-order valence-electron chi connectivity index (χ1n) is 4.46. The molecule has 0 radical (unpaired) electrons. The average Bonchev–Trinajstić information content (AvgIpc) is 2.19. The lowest BCUT2D eigenvalue weighted by Crippen LogP contribution is -2.50. The number of hydrogen-bond donors (Lipinski definition) is 2. The fourth-order valence-corrected chi connectivity index (χ4v) is 1.84. The number of ether oxygens (including phenoxy) is 1. The van der Waals surface area contributed by atoms with Crippen molar-refractivity contribution in [2.24, 2.45) is 0 Å². The summed E-state index contributed by atoms with van der Waals surface area (Å²) in [6, 6.07) is 5.48. The summed E-state index contributed by atoms with van der Waals surface area (Å²) in [7, 11) is 0. The Balaban J connectivity index is 2.42. The first kappa shape index (κ1) is 10.3. The molecule has 0 saturated heterocycles. The van der Waals surface area contributed by atoms with Crippen LogP contribution in [0.5, 0.6) is 5.75 Å². The fraction of sp³-hybridized carbons (Fsp3) is 0.300. The molecule has 1 aromatic rings. The fourth-order valence-electron chi connectivity index (χ4n) is 1.40. The molecule has 0 spiro atoms. The second-order valence-corrected chi connectivity index (χ2v) is 4.52. The van der Waals surface area contributed by atoms with Crippen molar-refractivity contribution in [1.29, 1.82) is 0 Å². The van der Waals surface area contributed by atoms with E-state index in [1.807, 2.05) is 12.1 Å². The van der Waals surface area contributed by atoms with Crippen LogP contribution >= 0.6 is 15.9 Å². The summed E-state index contributed by atoms with van der Waals surface area (Å²) in [6.45, 7) is 1.71. The Morgan fingerprint density at radius 2 is 2.40 bits per heavy atom. The maximum absolute atomic E-state index is 11.0. The van der Waals surface area contributed by atoms with E-state index in [2.05, 4.69) is 21.2 Å². The van der Waals surface area contributed by atoms with Gasteiger partial charge in [0.05, 0.1) is 5.69 Å². The first-order chi connectivity index (χ1) is 7.03. The minimum Gasteiger partial charge on any atom is -0.488 e. The van der Waals surface area contributed by atoms with Gasteiger partial charge in [-0.1, -0.05) is 6.07 Å². The molecule has 0 amide bonds. The minimum absolute atomic E-state index is 0.117. The molecule has 1 atom stereocenters. The normalized spacial score (nSPS) is 23.6. The Hall–Kier alpha value is -1.23. The number of nitrogens with one attached hydrogen (secondary N) is 1. The van der Waals surface area contributed by atoms with Crippen LogP contribution in [0.15, 0.2) is 22.7 Å². The zero-order valence-electron chi connectivity index (χ0n) is 8.08. The number of aliphatic carboxylic acids is 1. The minimum atomic E-state index is -1.07. The lowest BCUT2D eigenvalue weighted by molar-refractivity contribution is -0.143. The third kappa shape index (κ3) is 1.67. The third-order valence-electron chi connectivity index (χ3n) is 2.36. The van der Waals surface area contributed by atoms with Gasteiger partial charge in [-0.3, -0.25) is 0 Å². The molecule has 80 valence electrons. The molecule has 2 rings (SSSR count). The van der Waals surface area contributed by atoms with Crippen LogP contribution in [0.25, 0.3) is 0 Å². The van der Waals surface area contributed by atoms with Crippen LogP contribution in [0.3, 0.4) is 0 Å². The lowest BCUT2D eigenvalue weighted by atomic mass is 10.0. The third-order valence-corrected chi connectivity index (χ3v) is 3.03. The van der Waals surface area contributed by atoms with Gasteiger partial charge in [0, 0.05) is 4.47 Å². The predicted molar refractivity (Wildman–Crippen MR) is 59.3 cm³/mol. The van der Waals surface area contributed by atoms with E-state index < -0.39 is 11.5 Å². The van der Waals surface area contributed by atoms with Crippen molar-refractivity contribution < 1.29 is 14.6 Å². The van der Waals surface area contributed by atoms with Gasteiger partial charge in [-0.2, -0.15) is 0 Å². The molecule has 1 aliphatic rings. The molecule has 0 aliphatic carbocycles. The number of halogens is 1. The van der Waals surface area contributed by atoms with Crippen LogP contribution in [0.2, 0.25) is 0 Å². The maximum Gasteiger partial charge on any atom is 0.332 e. The molecule has 0 fully saturated rings. The second kappa shape index (κ2) is 3.41. The zero-order valence-corrected chi connectivity index (χ0v) is 9.67. The highest BCUT2D eigenvalue weighted by molar-refractivity contribution is 9.10. The van der Waals surface area contributed by atoms with Crippen molar-refractivity contribution in [1.82, 2.24) is 0 Å². The molecule has 15 heavy (non-hydrogen) atoms. The van der Waals surface area contributed by atoms with Gasteiger partial charge in [-0.05, 0) is 35.0 Å². The van der Waals surface area contributed by atoms with E-state index in [4.69, 9.17) is 9.84 Å². The van der Waals surface area contributed by atoms with Crippen molar-refractivity contribution in [2.75, 3.05) is 11.9 Å². The summed E-state index contributed by atoms with van der Waals surface area (Å²) in [4.78, 5) is 11.0. The number of rotatable bonds is 1. The van der Waals surface area contributed by atoms with Gasteiger partial charge in [0.15, 0.2) is 5.54 Å². The van der Waals surface area contributed by atoms with Crippen molar-refractivity contribution >= 4 is 27.6 Å². The number of carboxylic acid groups (broad SMARTS) is 1.